The van der Waals surface area contributed by atoms with Crippen LogP contribution in [-0.2, 0) is 4.79 Å². The first-order chi connectivity index (χ1) is 8.63. The molecule has 18 heavy (non-hydrogen) atoms. The van der Waals surface area contributed by atoms with E-state index >= 15 is 0 Å². The van der Waals surface area contributed by atoms with E-state index in [4.69, 9.17) is 0 Å². The lowest BCUT2D eigenvalue weighted by Gasteiger charge is -2.20. The van der Waals surface area contributed by atoms with E-state index in [2.05, 4.69) is 21.2 Å². The lowest BCUT2D eigenvalue weighted by Crippen LogP contribution is -2.27. The highest BCUT2D eigenvalue weighted by molar-refractivity contribution is 9.10. The molecule has 2 saturated carbocycles. The van der Waals surface area contributed by atoms with Crippen LogP contribution in [0.4, 0.5) is 10.1 Å². The number of nitrogens with one attached hydrogen (secondary N) is 1. The second-order valence-corrected chi connectivity index (χ2v) is 6.25. The maximum atomic E-state index is 13.4. The van der Waals surface area contributed by atoms with Gasteiger partial charge in [0.2, 0.25) is 5.91 Å². The summed E-state index contributed by atoms with van der Waals surface area (Å²) in [5.74, 6) is 1.14. The van der Waals surface area contributed by atoms with Crippen LogP contribution in [0.15, 0.2) is 22.7 Å². The molecule has 3 atom stereocenters. The van der Waals surface area contributed by atoms with Gasteiger partial charge in [-0.05, 0) is 65.2 Å². The molecule has 0 aliphatic heterocycles. The van der Waals surface area contributed by atoms with Gasteiger partial charge in [-0.3, -0.25) is 4.79 Å². The predicted molar refractivity (Wildman–Crippen MR) is 71.7 cm³/mol. The Kier molecular flexibility index (Phi) is 3.14. The van der Waals surface area contributed by atoms with Crippen LogP contribution in [-0.4, -0.2) is 5.91 Å². The summed E-state index contributed by atoms with van der Waals surface area (Å²) in [6, 6.07) is 4.69. The highest BCUT2D eigenvalue weighted by Gasteiger charge is 2.42. The summed E-state index contributed by atoms with van der Waals surface area (Å²) in [6.45, 7) is 0. The Morgan fingerprint density at radius 1 is 1.33 bits per heavy atom. The van der Waals surface area contributed by atoms with Gasteiger partial charge < -0.3 is 5.32 Å². The van der Waals surface area contributed by atoms with Gasteiger partial charge in [0.05, 0.1) is 4.47 Å². The Morgan fingerprint density at radius 2 is 2.17 bits per heavy atom. The molecule has 0 spiro atoms. The first kappa shape index (κ1) is 12.2. The van der Waals surface area contributed by atoms with Gasteiger partial charge in [0.15, 0.2) is 0 Å². The van der Waals surface area contributed by atoms with E-state index in [-0.39, 0.29) is 17.6 Å². The molecule has 2 aliphatic carbocycles. The van der Waals surface area contributed by atoms with Gasteiger partial charge in [-0.1, -0.05) is 6.42 Å². The average molecular weight is 312 g/mol. The van der Waals surface area contributed by atoms with E-state index in [0.717, 1.165) is 12.3 Å². The number of hydrogen-bond acceptors (Lipinski definition) is 1. The first-order valence-corrected chi connectivity index (χ1v) is 7.18. The molecule has 0 saturated heterocycles. The van der Waals surface area contributed by atoms with Gasteiger partial charge in [-0.25, -0.2) is 4.39 Å². The van der Waals surface area contributed by atoms with Crippen LogP contribution < -0.4 is 5.32 Å². The minimum atomic E-state index is -0.347. The highest BCUT2D eigenvalue weighted by Crippen LogP contribution is 2.48. The molecule has 0 radical (unpaired) electrons. The third-order valence-corrected chi connectivity index (χ3v) is 4.91. The van der Waals surface area contributed by atoms with Crippen molar-refractivity contribution in [2.75, 3.05) is 5.32 Å². The fourth-order valence-electron chi connectivity index (χ4n) is 3.37. The third-order valence-electron chi connectivity index (χ3n) is 4.26. The van der Waals surface area contributed by atoms with Crippen molar-refractivity contribution in [3.8, 4) is 0 Å². The zero-order valence-electron chi connectivity index (χ0n) is 9.96. The number of halogens is 2. The zero-order chi connectivity index (χ0) is 12.7. The largest absolute Gasteiger partial charge is 0.326 e. The summed E-state index contributed by atoms with van der Waals surface area (Å²) >= 11 is 3.10. The van der Waals surface area contributed by atoms with Crippen LogP contribution in [0.3, 0.4) is 0 Å². The van der Waals surface area contributed by atoms with Crippen molar-refractivity contribution in [1.82, 2.24) is 0 Å². The fraction of sp³-hybridized carbons (Fsp3) is 0.500. The predicted octanol–water partition coefficient (Wildman–Crippen LogP) is 3.96. The monoisotopic (exact) mass is 311 g/mol. The smallest absolute Gasteiger partial charge is 0.227 e. The van der Waals surface area contributed by atoms with Crippen LogP contribution >= 0.6 is 15.9 Å². The van der Waals surface area contributed by atoms with Crippen molar-refractivity contribution in [1.29, 1.82) is 0 Å². The molecule has 1 amide bonds. The van der Waals surface area contributed by atoms with E-state index in [1.807, 2.05) is 0 Å². The summed E-state index contributed by atoms with van der Waals surface area (Å²) in [5.41, 5.74) is 0.545. The molecule has 2 nitrogen and oxygen atoms in total. The SMILES string of the molecule is O=C(Nc1ccc(Br)c(F)c1)C1CC2CCC1C2. The quantitative estimate of drug-likeness (QED) is 0.880. The Balaban J connectivity index is 1.69. The molecule has 2 bridgehead atoms. The minimum Gasteiger partial charge on any atom is -0.326 e. The summed E-state index contributed by atoms with van der Waals surface area (Å²) in [7, 11) is 0. The molecule has 4 heteroatoms. The van der Waals surface area contributed by atoms with E-state index < -0.39 is 0 Å². The molecular formula is C14H15BrFNO. The zero-order valence-corrected chi connectivity index (χ0v) is 11.5. The summed E-state index contributed by atoms with van der Waals surface area (Å²) < 4.78 is 13.8. The number of carbonyl (C=O) groups is 1. The number of carbonyl (C=O) groups excluding carboxylic acids is 1. The van der Waals surface area contributed by atoms with Crippen molar-refractivity contribution in [2.45, 2.75) is 25.7 Å². The molecule has 3 unspecified atom stereocenters. The van der Waals surface area contributed by atoms with E-state index in [1.54, 1.807) is 12.1 Å². The second kappa shape index (κ2) is 4.65. The normalized spacial score (nSPS) is 29.6. The van der Waals surface area contributed by atoms with Crippen molar-refractivity contribution < 1.29 is 9.18 Å². The Morgan fingerprint density at radius 3 is 2.78 bits per heavy atom. The standard InChI is InChI=1S/C14H15BrFNO/c15-12-4-3-10(7-13(12)16)17-14(18)11-6-8-1-2-9(11)5-8/h3-4,7-9,11H,1-2,5-6H2,(H,17,18). The van der Waals surface area contributed by atoms with E-state index in [1.165, 1.54) is 25.3 Å². The summed E-state index contributed by atoms with van der Waals surface area (Å²) in [5, 5.41) is 2.84. The number of fused-ring (bicyclic) bond motifs is 2. The number of anilines is 1. The molecule has 3 rings (SSSR count). The summed E-state index contributed by atoms with van der Waals surface area (Å²) in [6.07, 6.45) is 4.67. The van der Waals surface area contributed by atoms with Gasteiger partial charge in [0.25, 0.3) is 0 Å². The molecule has 0 aromatic heterocycles. The Labute approximate surface area is 114 Å². The van der Waals surface area contributed by atoms with Crippen molar-refractivity contribution in [3.63, 3.8) is 0 Å². The number of benzene rings is 1. The number of amides is 1. The molecular weight excluding hydrogens is 297 g/mol. The van der Waals surface area contributed by atoms with Gasteiger partial charge in [-0.15, -0.1) is 0 Å². The molecule has 1 aromatic rings. The van der Waals surface area contributed by atoms with E-state index in [0.29, 0.717) is 16.1 Å². The van der Waals surface area contributed by atoms with Crippen molar-refractivity contribution in [3.05, 3.63) is 28.5 Å². The van der Waals surface area contributed by atoms with Crippen LogP contribution in [0.25, 0.3) is 0 Å². The Bertz CT molecular complexity index is 491. The molecule has 1 aromatic carbocycles. The lowest BCUT2D eigenvalue weighted by atomic mass is 9.88. The third kappa shape index (κ3) is 2.18. The van der Waals surface area contributed by atoms with E-state index in [9.17, 15) is 9.18 Å². The van der Waals surface area contributed by atoms with Crippen molar-refractivity contribution in [2.24, 2.45) is 17.8 Å². The molecule has 0 heterocycles. The second-order valence-electron chi connectivity index (χ2n) is 5.40. The topological polar surface area (TPSA) is 29.1 Å². The van der Waals surface area contributed by atoms with Gasteiger partial charge in [0, 0.05) is 11.6 Å². The fourth-order valence-corrected chi connectivity index (χ4v) is 3.62. The Hall–Kier alpha value is -0.900. The molecule has 96 valence electrons. The number of rotatable bonds is 2. The first-order valence-electron chi connectivity index (χ1n) is 6.39. The number of hydrogen-bond donors (Lipinski definition) is 1. The summed E-state index contributed by atoms with van der Waals surface area (Å²) in [4.78, 5) is 12.2. The maximum Gasteiger partial charge on any atom is 0.227 e. The lowest BCUT2D eigenvalue weighted by molar-refractivity contribution is -0.121. The molecule has 2 fully saturated rings. The minimum absolute atomic E-state index is 0.0592. The van der Waals surface area contributed by atoms with Crippen LogP contribution in [0, 0.1) is 23.6 Å². The molecule has 2 aliphatic rings. The van der Waals surface area contributed by atoms with Crippen LogP contribution in [0.5, 0.6) is 0 Å². The van der Waals surface area contributed by atoms with Gasteiger partial charge >= 0.3 is 0 Å². The van der Waals surface area contributed by atoms with Crippen LogP contribution in [0.1, 0.15) is 25.7 Å². The van der Waals surface area contributed by atoms with Crippen molar-refractivity contribution >= 4 is 27.5 Å². The van der Waals surface area contributed by atoms with Gasteiger partial charge in [-0.2, -0.15) is 0 Å². The highest BCUT2D eigenvalue weighted by atomic mass is 79.9. The van der Waals surface area contributed by atoms with Crippen LogP contribution in [0.2, 0.25) is 0 Å². The average Bonchev–Trinajstić information content (AvgIpc) is 2.96. The maximum absolute atomic E-state index is 13.4. The molecule has 1 N–H and O–H groups in total. The van der Waals surface area contributed by atoms with Gasteiger partial charge in [0.1, 0.15) is 5.82 Å².